The zero-order valence-corrected chi connectivity index (χ0v) is 8.12. The number of halogens is 4. The molecule has 1 atom stereocenters. The molecule has 0 spiro atoms. The summed E-state index contributed by atoms with van der Waals surface area (Å²) < 4.78 is 78.1. The first-order valence-corrected chi connectivity index (χ1v) is 5.37. The number of hydrogen-bond donors (Lipinski definition) is 1. The monoisotopic (exact) mass is 258 g/mol. The van der Waals surface area contributed by atoms with Gasteiger partial charge in [-0.15, -0.1) is 0 Å². The Morgan fingerprint density at radius 3 is 1.79 bits per heavy atom. The molecule has 86 valence electrons. The minimum Gasteiger partial charge on any atom is -0.580 e. The second-order valence-corrected chi connectivity index (χ2v) is 3.99. The van der Waals surface area contributed by atoms with Gasteiger partial charge >= 0.3 is 15.6 Å². The molecular weight excluding hydrogens is 252 g/mol. The summed E-state index contributed by atoms with van der Waals surface area (Å²) in [5.74, 6) is -0.0556. The Hall–Kier alpha value is -0.320. The maximum Gasteiger partial charge on any atom is 0.522 e. The highest BCUT2D eigenvalue weighted by Crippen LogP contribution is 2.20. The Kier molecular flexibility index (Phi) is 7.16. The van der Waals surface area contributed by atoms with Crippen LogP contribution in [0.25, 0.3) is 0 Å². The minimum atomic E-state index is -5.84. The van der Waals surface area contributed by atoms with Crippen LogP contribution in [0.5, 0.6) is 0 Å². The van der Waals surface area contributed by atoms with E-state index in [9.17, 15) is 21.6 Å². The van der Waals surface area contributed by atoms with Crippen molar-refractivity contribution in [2.24, 2.45) is 0 Å². The summed E-state index contributed by atoms with van der Waals surface area (Å²) in [6.45, 7) is 3.17. The highest BCUT2D eigenvalue weighted by Gasteiger charge is 2.44. The van der Waals surface area contributed by atoms with E-state index in [0.717, 1.165) is 0 Å². The third-order valence-corrected chi connectivity index (χ3v) is 1.62. The molecule has 1 unspecified atom stereocenters. The largest absolute Gasteiger partial charge is 0.580 e. The standard InChI is InChI=1S/C3H5FOS.CHF3O3S/c1-2-3-6(4)5;2-1(3,4)8(5,6)7/h2H,1,3H2;(H,5,6,7). The SMILES string of the molecule is C=CC[S+]([O-])F.O=S(=O)(O)C(F)(F)F. The van der Waals surface area contributed by atoms with Crippen molar-refractivity contribution < 1.29 is 34.6 Å². The summed E-state index contributed by atoms with van der Waals surface area (Å²) in [6, 6.07) is 0. The molecule has 1 N–H and O–H groups in total. The van der Waals surface area contributed by atoms with Gasteiger partial charge in [0.05, 0.1) is 0 Å². The molecule has 0 rings (SSSR count). The Labute approximate surface area is 80.8 Å². The van der Waals surface area contributed by atoms with E-state index < -0.39 is 27.2 Å². The van der Waals surface area contributed by atoms with Gasteiger partial charge in [0.1, 0.15) is 0 Å². The first kappa shape index (κ1) is 16.1. The molecule has 0 saturated heterocycles. The van der Waals surface area contributed by atoms with Gasteiger partial charge in [-0.3, -0.25) is 4.55 Å². The third-order valence-electron chi connectivity index (χ3n) is 0.541. The van der Waals surface area contributed by atoms with Gasteiger partial charge in [0.25, 0.3) is 0 Å². The fourth-order valence-electron chi connectivity index (χ4n) is 0.0927. The van der Waals surface area contributed by atoms with Gasteiger partial charge in [0.15, 0.2) is 17.3 Å². The zero-order valence-electron chi connectivity index (χ0n) is 6.49. The first-order chi connectivity index (χ1) is 6.02. The van der Waals surface area contributed by atoms with Crippen LogP contribution < -0.4 is 0 Å². The molecule has 0 aromatic heterocycles. The van der Waals surface area contributed by atoms with Crippen LogP contribution in [0.1, 0.15) is 0 Å². The number of alkyl halides is 3. The number of rotatable bonds is 2. The molecule has 0 heterocycles. The van der Waals surface area contributed by atoms with Gasteiger partial charge < -0.3 is 4.55 Å². The molecule has 0 radical (unpaired) electrons. The maximum atomic E-state index is 11.1. The van der Waals surface area contributed by atoms with Crippen molar-refractivity contribution in [1.82, 2.24) is 0 Å². The van der Waals surface area contributed by atoms with Gasteiger partial charge in [-0.2, -0.15) is 21.6 Å². The van der Waals surface area contributed by atoms with Crippen molar-refractivity contribution >= 4 is 21.7 Å². The van der Waals surface area contributed by atoms with E-state index in [4.69, 9.17) is 13.0 Å². The zero-order chi connectivity index (χ0) is 12.0. The van der Waals surface area contributed by atoms with Gasteiger partial charge in [-0.05, 0) is 6.08 Å². The Morgan fingerprint density at radius 1 is 1.50 bits per heavy atom. The lowest BCUT2D eigenvalue weighted by Crippen LogP contribution is -2.21. The fraction of sp³-hybridized carbons (Fsp3) is 0.500. The van der Waals surface area contributed by atoms with Gasteiger partial charge in [0, 0.05) is 3.89 Å². The maximum absolute atomic E-state index is 11.1. The summed E-state index contributed by atoms with van der Waals surface area (Å²) in [6.07, 6.45) is 1.27. The molecule has 0 saturated carbocycles. The van der Waals surface area contributed by atoms with E-state index >= 15 is 0 Å². The van der Waals surface area contributed by atoms with Crippen LogP contribution in [-0.4, -0.2) is 28.8 Å². The highest BCUT2D eigenvalue weighted by atomic mass is 32.3. The molecule has 4 nitrogen and oxygen atoms in total. The summed E-state index contributed by atoms with van der Waals surface area (Å²) in [7, 11) is -5.84. The molecule has 0 aliphatic rings. The molecule has 0 aromatic carbocycles. The predicted molar refractivity (Wildman–Crippen MR) is 41.9 cm³/mol. The molecule has 0 aromatic rings. The van der Waals surface area contributed by atoms with Crippen LogP contribution in [0.2, 0.25) is 0 Å². The van der Waals surface area contributed by atoms with Gasteiger partial charge in [0.2, 0.25) is 0 Å². The van der Waals surface area contributed by atoms with Crippen LogP contribution in [0, 0.1) is 0 Å². The van der Waals surface area contributed by atoms with E-state index in [0.29, 0.717) is 0 Å². The molecule has 10 heteroatoms. The molecule has 0 fully saturated rings. The fourth-order valence-corrected chi connectivity index (χ4v) is 0.278. The summed E-state index contributed by atoms with van der Waals surface area (Å²) in [5.41, 5.74) is -5.53. The Morgan fingerprint density at radius 2 is 1.79 bits per heavy atom. The van der Waals surface area contributed by atoms with Crippen LogP contribution in [0.3, 0.4) is 0 Å². The number of hydrogen-bond acceptors (Lipinski definition) is 3. The van der Waals surface area contributed by atoms with Crippen molar-refractivity contribution in [2.75, 3.05) is 5.75 Å². The Balaban J connectivity index is 0. The summed E-state index contributed by atoms with van der Waals surface area (Å²) in [4.78, 5) is 0. The van der Waals surface area contributed by atoms with E-state index in [1.807, 2.05) is 0 Å². The van der Waals surface area contributed by atoms with E-state index in [-0.39, 0.29) is 5.75 Å². The van der Waals surface area contributed by atoms with Crippen LogP contribution in [-0.2, 0) is 21.7 Å². The minimum absolute atomic E-state index is 0.0556. The molecule has 0 aliphatic carbocycles. The lowest BCUT2D eigenvalue weighted by molar-refractivity contribution is -0.0510. The molecule has 0 bridgehead atoms. The quantitative estimate of drug-likeness (QED) is 0.265. The lowest BCUT2D eigenvalue weighted by atomic mass is 10.8. The lowest BCUT2D eigenvalue weighted by Gasteiger charge is -1.97. The normalized spacial score (nSPS) is 13.9. The summed E-state index contributed by atoms with van der Waals surface area (Å²) in [5, 5.41) is 0. The predicted octanol–water partition coefficient (Wildman–Crippen LogP) is 1.20. The van der Waals surface area contributed by atoms with Gasteiger partial charge in [-0.1, -0.05) is 6.58 Å². The molecule has 0 aliphatic heterocycles. The van der Waals surface area contributed by atoms with Crippen LogP contribution in [0.15, 0.2) is 12.7 Å². The average Bonchev–Trinajstić information content (AvgIpc) is 1.82. The second kappa shape index (κ2) is 6.22. The first-order valence-electron chi connectivity index (χ1n) is 2.71. The van der Waals surface area contributed by atoms with Crippen LogP contribution >= 0.6 is 0 Å². The van der Waals surface area contributed by atoms with E-state index in [1.165, 1.54) is 6.08 Å². The Bertz CT molecular complexity index is 257. The van der Waals surface area contributed by atoms with Crippen molar-refractivity contribution in [3.63, 3.8) is 0 Å². The van der Waals surface area contributed by atoms with E-state index in [1.54, 1.807) is 0 Å². The van der Waals surface area contributed by atoms with Crippen molar-refractivity contribution in [3.05, 3.63) is 12.7 Å². The average molecular weight is 258 g/mol. The van der Waals surface area contributed by atoms with Gasteiger partial charge in [-0.25, -0.2) is 0 Å². The smallest absolute Gasteiger partial charge is 0.522 e. The topological polar surface area (TPSA) is 77.4 Å². The van der Waals surface area contributed by atoms with E-state index in [2.05, 4.69) is 6.58 Å². The summed E-state index contributed by atoms with van der Waals surface area (Å²) >= 11 is -2.18. The molecular formula is C4H6F4O4S2. The molecule has 14 heavy (non-hydrogen) atoms. The second-order valence-electron chi connectivity index (χ2n) is 1.67. The van der Waals surface area contributed by atoms with Crippen molar-refractivity contribution in [2.45, 2.75) is 5.51 Å². The third kappa shape index (κ3) is 9.77. The van der Waals surface area contributed by atoms with Crippen molar-refractivity contribution in [1.29, 1.82) is 0 Å². The highest BCUT2D eigenvalue weighted by molar-refractivity contribution is 7.86. The van der Waals surface area contributed by atoms with Crippen LogP contribution in [0.4, 0.5) is 17.1 Å². The van der Waals surface area contributed by atoms with Crippen molar-refractivity contribution in [3.8, 4) is 0 Å². The molecule has 0 amide bonds.